The van der Waals surface area contributed by atoms with Gasteiger partial charge in [-0.3, -0.25) is 4.90 Å². The molecule has 0 aromatic heterocycles. The Bertz CT molecular complexity index is 329. The van der Waals surface area contributed by atoms with Crippen molar-refractivity contribution in [2.24, 2.45) is 5.73 Å². The molecule has 1 heterocycles. The van der Waals surface area contributed by atoms with Crippen molar-refractivity contribution in [1.29, 1.82) is 0 Å². The molecule has 0 bridgehead atoms. The van der Waals surface area contributed by atoms with Crippen LogP contribution in [0.4, 0.5) is 0 Å². The van der Waals surface area contributed by atoms with E-state index in [0.29, 0.717) is 6.04 Å². The van der Waals surface area contributed by atoms with Crippen molar-refractivity contribution < 1.29 is 0 Å². The van der Waals surface area contributed by atoms with E-state index < -0.39 is 0 Å². The number of hydrogen-bond donors (Lipinski definition) is 1. The Hall–Kier alpha value is -0.220. The molecule has 2 nitrogen and oxygen atoms in total. The van der Waals surface area contributed by atoms with Crippen LogP contribution in [-0.2, 0) is 6.54 Å². The maximum Gasteiger partial charge on any atom is 0.0234 e. The molecule has 0 amide bonds. The monoisotopic (exact) mass is 272 g/mol. The highest BCUT2D eigenvalue weighted by Gasteiger charge is 2.16. The van der Waals surface area contributed by atoms with E-state index in [9.17, 15) is 0 Å². The molecule has 0 aliphatic carbocycles. The summed E-state index contributed by atoms with van der Waals surface area (Å²) in [6.07, 6.45) is 4.53. The molecule has 1 aliphatic rings. The molecule has 1 unspecified atom stereocenters. The summed E-state index contributed by atoms with van der Waals surface area (Å²) >= 11 is 1.79. The summed E-state index contributed by atoms with van der Waals surface area (Å²) in [5, 5.41) is 0. The smallest absolute Gasteiger partial charge is 0.0234 e. The average Bonchev–Trinajstić information content (AvgIpc) is 2.30. The first kappa shape index (κ1) is 14.8. The normalized spacial score (nSPS) is 20.9. The highest BCUT2D eigenvalue weighted by atomic mass is 35.5. The Kier molecular flexibility index (Phi) is 6.34. The van der Waals surface area contributed by atoms with E-state index in [1.807, 2.05) is 0 Å². The summed E-state index contributed by atoms with van der Waals surface area (Å²) in [7, 11) is 0. The number of benzene rings is 1. The van der Waals surface area contributed by atoms with Crippen LogP contribution in [-0.4, -0.2) is 30.3 Å². The molecule has 17 heavy (non-hydrogen) atoms. The van der Waals surface area contributed by atoms with Gasteiger partial charge in [-0.25, -0.2) is 0 Å². The Morgan fingerprint density at radius 1 is 1.35 bits per heavy atom. The Morgan fingerprint density at radius 3 is 2.65 bits per heavy atom. The summed E-state index contributed by atoms with van der Waals surface area (Å²) in [5.74, 6) is 0. The molecule has 1 fully saturated rings. The molecule has 1 atom stereocenters. The Labute approximate surface area is 114 Å². The van der Waals surface area contributed by atoms with Crippen LogP contribution in [0, 0.1) is 0 Å². The fourth-order valence-corrected chi connectivity index (χ4v) is 2.63. The maximum absolute atomic E-state index is 5.98. The largest absolute Gasteiger partial charge is 0.327 e. The van der Waals surface area contributed by atoms with Crippen molar-refractivity contribution in [2.75, 3.05) is 19.3 Å². The number of piperidine rings is 1. The lowest BCUT2D eigenvalue weighted by atomic mass is 10.1. The van der Waals surface area contributed by atoms with Gasteiger partial charge in [0.2, 0.25) is 0 Å². The number of thioether (sulfide) groups is 1. The Morgan fingerprint density at radius 2 is 2.06 bits per heavy atom. The highest BCUT2D eigenvalue weighted by molar-refractivity contribution is 7.98. The van der Waals surface area contributed by atoms with Crippen LogP contribution in [0.15, 0.2) is 29.2 Å². The number of nitrogens with two attached hydrogens (primary N) is 1. The molecule has 1 aromatic rings. The number of halogens is 1. The van der Waals surface area contributed by atoms with E-state index in [2.05, 4.69) is 35.4 Å². The second kappa shape index (κ2) is 7.27. The van der Waals surface area contributed by atoms with Crippen molar-refractivity contribution in [2.45, 2.75) is 30.3 Å². The van der Waals surface area contributed by atoms with E-state index >= 15 is 0 Å². The molecule has 0 saturated carbocycles. The zero-order chi connectivity index (χ0) is 11.4. The van der Waals surface area contributed by atoms with E-state index in [-0.39, 0.29) is 12.4 Å². The Balaban J connectivity index is 0.00000144. The first-order valence-corrected chi connectivity index (χ1v) is 7.11. The van der Waals surface area contributed by atoms with Crippen LogP contribution in [0.2, 0.25) is 0 Å². The van der Waals surface area contributed by atoms with Gasteiger partial charge < -0.3 is 5.73 Å². The van der Waals surface area contributed by atoms with Gasteiger partial charge in [-0.05, 0) is 43.3 Å². The first-order valence-electron chi connectivity index (χ1n) is 5.89. The zero-order valence-electron chi connectivity index (χ0n) is 10.3. The van der Waals surface area contributed by atoms with E-state index in [4.69, 9.17) is 5.73 Å². The summed E-state index contributed by atoms with van der Waals surface area (Å²) in [6, 6.07) is 9.23. The van der Waals surface area contributed by atoms with Crippen molar-refractivity contribution in [1.82, 2.24) is 4.90 Å². The molecular formula is C13H21ClN2S. The zero-order valence-corrected chi connectivity index (χ0v) is 11.9. The predicted octanol–water partition coefficient (Wildman–Crippen LogP) is 2.75. The molecule has 0 spiro atoms. The van der Waals surface area contributed by atoms with Gasteiger partial charge in [0.25, 0.3) is 0 Å². The van der Waals surface area contributed by atoms with E-state index in [1.165, 1.54) is 29.8 Å². The van der Waals surface area contributed by atoms with Crippen LogP contribution >= 0.6 is 24.2 Å². The fourth-order valence-electron chi connectivity index (χ4n) is 2.22. The molecule has 96 valence electrons. The van der Waals surface area contributed by atoms with Gasteiger partial charge in [0.15, 0.2) is 0 Å². The minimum atomic E-state index is 0. The maximum atomic E-state index is 5.98. The first-order chi connectivity index (χ1) is 7.78. The topological polar surface area (TPSA) is 29.3 Å². The summed E-state index contributed by atoms with van der Waals surface area (Å²) in [6.45, 7) is 3.28. The van der Waals surface area contributed by atoms with E-state index in [0.717, 1.165) is 13.1 Å². The molecule has 1 aliphatic heterocycles. The molecule has 1 saturated heterocycles. The number of hydrogen-bond acceptors (Lipinski definition) is 3. The third kappa shape index (κ3) is 4.51. The van der Waals surface area contributed by atoms with Crippen molar-refractivity contribution >= 4 is 24.2 Å². The minimum absolute atomic E-state index is 0. The predicted molar refractivity (Wildman–Crippen MR) is 78.0 cm³/mol. The minimum Gasteiger partial charge on any atom is -0.327 e. The van der Waals surface area contributed by atoms with Gasteiger partial charge >= 0.3 is 0 Å². The lowest BCUT2D eigenvalue weighted by Crippen LogP contribution is -2.42. The average molecular weight is 273 g/mol. The lowest BCUT2D eigenvalue weighted by molar-refractivity contribution is 0.201. The van der Waals surface area contributed by atoms with Crippen LogP contribution in [0.5, 0.6) is 0 Å². The van der Waals surface area contributed by atoms with Crippen molar-refractivity contribution in [3.8, 4) is 0 Å². The molecule has 2 rings (SSSR count). The van der Waals surface area contributed by atoms with E-state index in [1.54, 1.807) is 11.8 Å². The van der Waals surface area contributed by atoms with Gasteiger partial charge in [0.05, 0.1) is 0 Å². The number of rotatable bonds is 3. The highest BCUT2D eigenvalue weighted by Crippen LogP contribution is 2.17. The quantitative estimate of drug-likeness (QED) is 0.858. The fraction of sp³-hybridized carbons (Fsp3) is 0.538. The number of likely N-dealkylation sites (tertiary alicyclic amines) is 1. The summed E-state index contributed by atoms with van der Waals surface area (Å²) in [5.41, 5.74) is 7.37. The van der Waals surface area contributed by atoms with Crippen LogP contribution in [0.1, 0.15) is 18.4 Å². The number of nitrogens with zero attached hydrogens (tertiary/aromatic N) is 1. The standard InChI is InChI=1S/C13H20N2S.ClH/c1-16-13-6-4-11(5-7-13)9-15-8-2-3-12(14)10-15;/h4-7,12H,2-3,8-10,14H2,1H3;1H. The molecule has 4 heteroatoms. The summed E-state index contributed by atoms with van der Waals surface area (Å²) < 4.78 is 0. The van der Waals surface area contributed by atoms with Gasteiger partial charge in [0.1, 0.15) is 0 Å². The van der Waals surface area contributed by atoms with Gasteiger partial charge in [-0.15, -0.1) is 24.2 Å². The molecule has 0 radical (unpaired) electrons. The van der Waals surface area contributed by atoms with Crippen LogP contribution in [0.3, 0.4) is 0 Å². The van der Waals surface area contributed by atoms with Crippen molar-refractivity contribution in [3.05, 3.63) is 29.8 Å². The van der Waals surface area contributed by atoms with Crippen LogP contribution < -0.4 is 5.73 Å². The lowest BCUT2D eigenvalue weighted by Gasteiger charge is -2.30. The van der Waals surface area contributed by atoms with Crippen LogP contribution in [0.25, 0.3) is 0 Å². The molecule has 2 N–H and O–H groups in total. The second-order valence-corrected chi connectivity index (χ2v) is 5.37. The molecular weight excluding hydrogens is 252 g/mol. The van der Waals surface area contributed by atoms with Gasteiger partial charge in [-0.1, -0.05) is 12.1 Å². The molecule has 1 aromatic carbocycles. The van der Waals surface area contributed by atoms with Crippen molar-refractivity contribution in [3.63, 3.8) is 0 Å². The second-order valence-electron chi connectivity index (χ2n) is 4.49. The summed E-state index contributed by atoms with van der Waals surface area (Å²) in [4.78, 5) is 3.79. The van der Waals surface area contributed by atoms with Gasteiger partial charge in [-0.2, -0.15) is 0 Å². The third-order valence-corrected chi connectivity index (χ3v) is 3.85. The third-order valence-electron chi connectivity index (χ3n) is 3.11. The van der Waals surface area contributed by atoms with Gasteiger partial charge in [0, 0.05) is 24.0 Å². The SMILES string of the molecule is CSc1ccc(CN2CCCC(N)C2)cc1.Cl.